The molecule has 2 N–H and O–H groups in total. The molecule has 0 radical (unpaired) electrons. The van der Waals surface area contributed by atoms with E-state index in [0.29, 0.717) is 18.8 Å². The molecule has 0 aromatic carbocycles. The van der Waals surface area contributed by atoms with Crippen LogP contribution in [0.2, 0.25) is 0 Å². The molecule has 1 saturated carbocycles. The molecular formula is C15H31NO2. The third kappa shape index (κ3) is 5.25. The highest BCUT2D eigenvalue weighted by Crippen LogP contribution is 2.24. The first kappa shape index (κ1) is 15.9. The van der Waals surface area contributed by atoms with Gasteiger partial charge in [-0.15, -0.1) is 0 Å². The summed E-state index contributed by atoms with van der Waals surface area (Å²) in [6.07, 6.45) is 7.79. The molecule has 0 unspecified atom stereocenters. The van der Waals surface area contributed by atoms with Gasteiger partial charge in [-0.3, -0.25) is 0 Å². The fraction of sp³-hybridized carbons (Fsp3) is 1.00. The lowest BCUT2D eigenvalue weighted by atomic mass is 9.92. The molecule has 108 valence electrons. The minimum atomic E-state index is -0.614. The van der Waals surface area contributed by atoms with E-state index in [1.165, 1.54) is 19.3 Å². The summed E-state index contributed by atoms with van der Waals surface area (Å²) in [7, 11) is 0. The van der Waals surface area contributed by atoms with Crippen molar-refractivity contribution in [2.45, 2.75) is 83.5 Å². The smallest absolute Gasteiger partial charge is 0.0875 e. The SMILES string of the molecule is CCCNC1CCC(OCC(O)(CC)CC)CC1. The average molecular weight is 257 g/mol. The Bertz CT molecular complexity index is 209. The lowest BCUT2D eigenvalue weighted by Crippen LogP contribution is -2.39. The Kier molecular flexibility index (Phi) is 7.20. The second-order valence-corrected chi connectivity index (χ2v) is 5.67. The molecule has 0 saturated heterocycles. The van der Waals surface area contributed by atoms with Crippen LogP contribution in [0, 0.1) is 0 Å². The van der Waals surface area contributed by atoms with Gasteiger partial charge in [-0.1, -0.05) is 20.8 Å². The number of hydrogen-bond acceptors (Lipinski definition) is 3. The fourth-order valence-electron chi connectivity index (χ4n) is 2.51. The Hall–Kier alpha value is -0.120. The van der Waals surface area contributed by atoms with Crippen LogP contribution in [-0.2, 0) is 4.74 Å². The van der Waals surface area contributed by atoms with Crippen LogP contribution < -0.4 is 5.32 Å². The fourth-order valence-corrected chi connectivity index (χ4v) is 2.51. The summed E-state index contributed by atoms with van der Waals surface area (Å²) in [4.78, 5) is 0. The van der Waals surface area contributed by atoms with Gasteiger partial charge in [-0.25, -0.2) is 0 Å². The maximum absolute atomic E-state index is 10.2. The number of hydrogen-bond donors (Lipinski definition) is 2. The molecule has 0 aromatic rings. The summed E-state index contributed by atoms with van der Waals surface area (Å²) in [5.41, 5.74) is -0.614. The Morgan fingerprint density at radius 2 is 1.72 bits per heavy atom. The molecule has 0 bridgehead atoms. The van der Waals surface area contributed by atoms with Crippen LogP contribution in [0.25, 0.3) is 0 Å². The zero-order valence-corrected chi connectivity index (χ0v) is 12.4. The molecule has 0 aromatic heterocycles. The molecule has 0 heterocycles. The predicted molar refractivity (Wildman–Crippen MR) is 75.8 cm³/mol. The van der Waals surface area contributed by atoms with Crippen LogP contribution in [-0.4, -0.2) is 36.0 Å². The summed E-state index contributed by atoms with van der Waals surface area (Å²) in [6, 6.07) is 0.682. The Morgan fingerprint density at radius 1 is 1.11 bits per heavy atom. The molecule has 3 heteroatoms. The van der Waals surface area contributed by atoms with Gasteiger partial charge in [-0.05, 0) is 51.5 Å². The molecule has 0 spiro atoms. The van der Waals surface area contributed by atoms with Crippen LogP contribution in [0.15, 0.2) is 0 Å². The molecule has 3 nitrogen and oxygen atoms in total. The van der Waals surface area contributed by atoms with E-state index in [0.717, 1.165) is 32.2 Å². The second-order valence-electron chi connectivity index (χ2n) is 5.67. The summed E-state index contributed by atoms with van der Waals surface area (Å²) in [5, 5.41) is 13.8. The molecule has 0 atom stereocenters. The van der Waals surface area contributed by atoms with Crippen LogP contribution in [0.5, 0.6) is 0 Å². The highest BCUT2D eigenvalue weighted by molar-refractivity contribution is 4.80. The van der Waals surface area contributed by atoms with E-state index >= 15 is 0 Å². The standard InChI is InChI=1S/C15H31NO2/c1-4-11-16-13-7-9-14(10-8-13)18-12-15(17,5-2)6-3/h13-14,16-17H,4-12H2,1-3H3. The van der Waals surface area contributed by atoms with Gasteiger partial charge in [0.25, 0.3) is 0 Å². The van der Waals surface area contributed by atoms with E-state index in [9.17, 15) is 5.11 Å². The molecule has 1 rings (SSSR count). The Morgan fingerprint density at radius 3 is 2.22 bits per heavy atom. The molecule has 0 aliphatic heterocycles. The van der Waals surface area contributed by atoms with E-state index in [-0.39, 0.29) is 0 Å². The van der Waals surface area contributed by atoms with E-state index in [4.69, 9.17) is 4.74 Å². The van der Waals surface area contributed by atoms with E-state index in [1.807, 2.05) is 13.8 Å². The minimum Gasteiger partial charge on any atom is -0.388 e. The number of nitrogens with one attached hydrogen (secondary N) is 1. The van der Waals surface area contributed by atoms with Gasteiger partial charge in [-0.2, -0.15) is 0 Å². The topological polar surface area (TPSA) is 41.5 Å². The second kappa shape index (κ2) is 8.13. The third-order valence-corrected chi connectivity index (χ3v) is 4.26. The zero-order chi connectivity index (χ0) is 13.4. The van der Waals surface area contributed by atoms with Crippen molar-refractivity contribution in [2.24, 2.45) is 0 Å². The summed E-state index contributed by atoms with van der Waals surface area (Å²) in [6.45, 7) is 7.88. The van der Waals surface area contributed by atoms with Crippen molar-refractivity contribution >= 4 is 0 Å². The molecular weight excluding hydrogens is 226 g/mol. The van der Waals surface area contributed by atoms with E-state index in [1.54, 1.807) is 0 Å². The first-order chi connectivity index (χ1) is 8.63. The first-order valence-electron chi connectivity index (χ1n) is 7.71. The summed E-state index contributed by atoms with van der Waals surface area (Å²) >= 11 is 0. The summed E-state index contributed by atoms with van der Waals surface area (Å²) in [5.74, 6) is 0. The van der Waals surface area contributed by atoms with Crippen molar-refractivity contribution in [3.8, 4) is 0 Å². The van der Waals surface area contributed by atoms with E-state index in [2.05, 4.69) is 12.2 Å². The van der Waals surface area contributed by atoms with Crippen molar-refractivity contribution in [2.75, 3.05) is 13.2 Å². The van der Waals surface area contributed by atoms with Gasteiger partial charge in [0.05, 0.1) is 18.3 Å². The molecule has 1 aliphatic rings. The molecule has 18 heavy (non-hydrogen) atoms. The number of aliphatic hydroxyl groups is 1. The van der Waals surface area contributed by atoms with Gasteiger partial charge >= 0.3 is 0 Å². The predicted octanol–water partition coefficient (Wildman–Crippen LogP) is 2.86. The van der Waals surface area contributed by atoms with E-state index < -0.39 is 5.60 Å². The molecule has 0 amide bonds. The Balaban J connectivity index is 2.19. The lowest BCUT2D eigenvalue weighted by Gasteiger charge is -2.32. The van der Waals surface area contributed by atoms with Gasteiger partial charge in [0, 0.05) is 6.04 Å². The number of rotatable bonds is 8. The largest absolute Gasteiger partial charge is 0.388 e. The minimum absolute atomic E-state index is 0.356. The molecule has 1 fully saturated rings. The van der Waals surface area contributed by atoms with Crippen molar-refractivity contribution in [3.05, 3.63) is 0 Å². The van der Waals surface area contributed by atoms with Crippen molar-refractivity contribution in [3.63, 3.8) is 0 Å². The summed E-state index contributed by atoms with van der Waals surface area (Å²) < 4.78 is 5.90. The maximum Gasteiger partial charge on any atom is 0.0875 e. The van der Waals surface area contributed by atoms with Gasteiger partial charge in [0.15, 0.2) is 0 Å². The highest BCUT2D eigenvalue weighted by Gasteiger charge is 2.26. The van der Waals surface area contributed by atoms with Crippen LogP contribution in [0.3, 0.4) is 0 Å². The first-order valence-corrected chi connectivity index (χ1v) is 7.71. The van der Waals surface area contributed by atoms with Gasteiger partial charge in [0.2, 0.25) is 0 Å². The molecule has 1 aliphatic carbocycles. The van der Waals surface area contributed by atoms with Crippen LogP contribution in [0.1, 0.15) is 65.7 Å². The maximum atomic E-state index is 10.2. The normalized spacial score (nSPS) is 25.3. The van der Waals surface area contributed by atoms with Crippen LogP contribution >= 0.6 is 0 Å². The average Bonchev–Trinajstić information content (AvgIpc) is 2.43. The van der Waals surface area contributed by atoms with Gasteiger partial charge < -0.3 is 15.2 Å². The monoisotopic (exact) mass is 257 g/mol. The van der Waals surface area contributed by atoms with Crippen molar-refractivity contribution in [1.29, 1.82) is 0 Å². The van der Waals surface area contributed by atoms with Gasteiger partial charge in [0.1, 0.15) is 0 Å². The van der Waals surface area contributed by atoms with Crippen molar-refractivity contribution in [1.82, 2.24) is 5.32 Å². The van der Waals surface area contributed by atoms with Crippen molar-refractivity contribution < 1.29 is 9.84 Å². The zero-order valence-electron chi connectivity index (χ0n) is 12.4. The lowest BCUT2D eigenvalue weighted by molar-refractivity contribution is -0.0856. The Labute approximate surface area is 112 Å². The third-order valence-electron chi connectivity index (χ3n) is 4.26. The highest BCUT2D eigenvalue weighted by atomic mass is 16.5. The quantitative estimate of drug-likeness (QED) is 0.702. The van der Waals surface area contributed by atoms with Crippen LogP contribution in [0.4, 0.5) is 0 Å². The number of ether oxygens (including phenoxy) is 1.